The summed E-state index contributed by atoms with van der Waals surface area (Å²) in [4.78, 5) is 21.1. The van der Waals surface area contributed by atoms with Gasteiger partial charge in [0.25, 0.3) is 5.69 Å². The predicted octanol–water partition coefficient (Wildman–Crippen LogP) is 1.68. The molecule has 1 aromatic rings. The summed E-state index contributed by atoms with van der Waals surface area (Å²) in [6.45, 7) is 0. The van der Waals surface area contributed by atoms with E-state index in [0.717, 1.165) is 0 Å². The average Bonchev–Trinajstić information content (AvgIpc) is 2.20. The predicted molar refractivity (Wildman–Crippen MR) is 60.0 cm³/mol. The van der Waals surface area contributed by atoms with Gasteiger partial charge in [-0.1, -0.05) is 28.1 Å². The van der Waals surface area contributed by atoms with Gasteiger partial charge in [-0.15, -0.1) is 0 Å². The molecule has 0 unspecified atom stereocenters. The van der Waals surface area contributed by atoms with Gasteiger partial charge >= 0.3 is 0 Å². The van der Waals surface area contributed by atoms with Crippen LogP contribution in [0.4, 0.5) is 11.4 Å². The summed E-state index contributed by atoms with van der Waals surface area (Å²) in [5.74, 6) is -0.0674. The molecule has 0 aliphatic carbocycles. The van der Waals surface area contributed by atoms with E-state index >= 15 is 0 Å². The van der Waals surface area contributed by atoms with Gasteiger partial charge in [-0.2, -0.15) is 0 Å². The lowest BCUT2D eigenvalue weighted by atomic mass is 10.1. The Morgan fingerprint density at radius 3 is 2.73 bits per heavy atom. The van der Waals surface area contributed by atoms with E-state index < -0.39 is 4.92 Å². The minimum atomic E-state index is -0.558. The first-order chi connectivity index (χ1) is 7.06. The van der Waals surface area contributed by atoms with Gasteiger partial charge in [0.15, 0.2) is 0 Å². The lowest BCUT2D eigenvalue weighted by Crippen LogP contribution is -2.07. The van der Waals surface area contributed by atoms with Crippen molar-refractivity contribution in [2.75, 3.05) is 11.1 Å². The molecule has 0 fully saturated rings. The average molecular weight is 273 g/mol. The molecule has 0 aliphatic rings. The van der Waals surface area contributed by atoms with Crippen molar-refractivity contribution in [1.29, 1.82) is 0 Å². The zero-order valence-corrected chi connectivity index (χ0v) is 9.36. The quantitative estimate of drug-likeness (QED) is 0.391. The summed E-state index contributed by atoms with van der Waals surface area (Å²) in [6, 6.07) is 4.45. The third-order valence-electron chi connectivity index (χ3n) is 1.91. The van der Waals surface area contributed by atoms with Crippen LogP contribution < -0.4 is 5.73 Å². The summed E-state index contributed by atoms with van der Waals surface area (Å²) in [5, 5.41) is 10.8. The number of Topliss-reactive ketones (excluding diaryl/α,β-unsaturated/α-hetero) is 1. The maximum atomic E-state index is 11.1. The zero-order valence-electron chi connectivity index (χ0n) is 7.77. The Kier molecular flexibility index (Phi) is 3.79. The fraction of sp³-hybridized carbons (Fsp3) is 0.222. The minimum Gasteiger partial charge on any atom is -0.393 e. The Balaban J connectivity index is 3.04. The number of nitro groups is 1. The van der Waals surface area contributed by atoms with Crippen molar-refractivity contribution in [2.45, 2.75) is 6.42 Å². The van der Waals surface area contributed by atoms with Crippen molar-refractivity contribution < 1.29 is 9.72 Å². The van der Waals surface area contributed by atoms with E-state index in [0.29, 0.717) is 5.56 Å². The van der Waals surface area contributed by atoms with Gasteiger partial charge in [-0.05, 0) is 5.56 Å². The third kappa shape index (κ3) is 2.76. The summed E-state index contributed by atoms with van der Waals surface area (Å²) in [6.07, 6.45) is 0.110. The second-order valence-corrected chi connectivity index (χ2v) is 3.52. The van der Waals surface area contributed by atoms with Crippen LogP contribution in [-0.2, 0) is 11.2 Å². The SMILES string of the molecule is Nc1c(CC(=O)CBr)cccc1[N+](=O)[O-]. The van der Waals surface area contributed by atoms with E-state index in [2.05, 4.69) is 15.9 Å². The molecule has 1 rings (SSSR count). The molecule has 2 N–H and O–H groups in total. The van der Waals surface area contributed by atoms with Crippen molar-refractivity contribution in [3.8, 4) is 0 Å². The molecule has 0 saturated heterocycles. The fourth-order valence-corrected chi connectivity index (χ4v) is 1.37. The van der Waals surface area contributed by atoms with Crippen molar-refractivity contribution >= 4 is 33.1 Å². The summed E-state index contributed by atoms with van der Waals surface area (Å²) in [5.41, 5.74) is 5.98. The van der Waals surface area contributed by atoms with Crippen molar-refractivity contribution in [3.05, 3.63) is 33.9 Å². The molecule has 0 heterocycles. The van der Waals surface area contributed by atoms with Gasteiger partial charge < -0.3 is 5.73 Å². The number of nitrogen functional groups attached to an aromatic ring is 1. The minimum absolute atomic E-state index is 0.0665. The lowest BCUT2D eigenvalue weighted by molar-refractivity contribution is -0.383. The van der Waals surface area contributed by atoms with Crippen molar-refractivity contribution in [2.24, 2.45) is 0 Å². The molecule has 0 aromatic heterocycles. The molecule has 15 heavy (non-hydrogen) atoms. The Morgan fingerprint density at radius 1 is 1.53 bits per heavy atom. The van der Waals surface area contributed by atoms with Crippen LogP contribution in [0.2, 0.25) is 0 Å². The van der Waals surface area contributed by atoms with Crippen molar-refractivity contribution in [1.82, 2.24) is 0 Å². The molecule has 0 aliphatic heterocycles. The number of nitro benzene ring substituents is 1. The number of nitrogens with zero attached hydrogens (tertiary/aromatic N) is 1. The first-order valence-corrected chi connectivity index (χ1v) is 5.27. The summed E-state index contributed by atoms with van der Waals surface area (Å²) in [7, 11) is 0. The second-order valence-electron chi connectivity index (χ2n) is 2.96. The molecule has 0 radical (unpaired) electrons. The molecule has 0 spiro atoms. The van der Waals surface area contributed by atoms with Crippen LogP contribution in [0, 0.1) is 10.1 Å². The van der Waals surface area contributed by atoms with Crippen LogP contribution >= 0.6 is 15.9 Å². The molecule has 0 amide bonds. The highest BCUT2D eigenvalue weighted by Gasteiger charge is 2.15. The van der Waals surface area contributed by atoms with Crippen LogP contribution in [0.25, 0.3) is 0 Å². The van der Waals surface area contributed by atoms with Gasteiger partial charge in [0.05, 0.1) is 10.3 Å². The van der Waals surface area contributed by atoms with E-state index in [4.69, 9.17) is 5.73 Å². The number of ketones is 1. The van der Waals surface area contributed by atoms with E-state index in [-0.39, 0.29) is 28.9 Å². The number of anilines is 1. The van der Waals surface area contributed by atoms with Gasteiger partial charge in [-0.3, -0.25) is 14.9 Å². The number of hydrogen-bond donors (Lipinski definition) is 1. The highest BCUT2D eigenvalue weighted by atomic mass is 79.9. The van der Waals surface area contributed by atoms with E-state index in [1.807, 2.05) is 0 Å². The topological polar surface area (TPSA) is 86.2 Å². The third-order valence-corrected chi connectivity index (χ3v) is 2.53. The zero-order chi connectivity index (χ0) is 11.4. The molecular weight excluding hydrogens is 264 g/mol. The molecule has 6 heteroatoms. The monoisotopic (exact) mass is 272 g/mol. The van der Waals surface area contributed by atoms with E-state index in [9.17, 15) is 14.9 Å². The summed E-state index contributed by atoms with van der Waals surface area (Å²) < 4.78 is 0. The maximum absolute atomic E-state index is 11.1. The van der Waals surface area contributed by atoms with Gasteiger partial charge in [0, 0.05) is 12.5 Å². The van der Waals surface area contributed by atoms with Crippen LogP contribution in [0.3, 0.4) is 0 Å². The number of rotatable bonds is 4. The lowest BCUT2D eigenvalue weighted by Gasteiger charge is -2.03. The van der Waals surface area contributed by atoms with E-state index in [1.165, 1.54) is 12.1 Å². The first-order valence-electron chi connectivity index (χ1n) is 4.15. The Labute approximate surface area is 94.5 Å². The normalized spacial score (nSPS) is 9.93. The van der Waals surface area contributed by atoms with E-state index in [1.54, 1.807) is 6.07 Å². The van der Waals surface area contributed by atoms with Crippen LogP contribution in [0.1, 0.15) is 5.56 Å². The molecule has 80 valence electrons. The largest absolute Gasteiger partial charge is 0.393 e. The Bertz CT molecular complexity index is 406. The molecule has 5 nitrogen and oxygen atoms in total. The molecule has 0 bridgehead atoms. The Hall–Kier alpha value is -1.43. The number of benzene rings is 1. The Morgan fingerprint density at radius 2 is 2.20 bits per heavy atom. The highest BCUT2D eigenvalue weighted by molar-refractivity contribution is 9.09. The number of carbonyl (C=O) groups is 1. The van der Waals surface area contributed by atoms with Crippen LogP contribution in [0.15, 0.2) is 18.2 Å². The standard InChI is InChI=1S/C9H9BrN2O3/c10-5-7(13)4-6-2-1-3-8(9(6)11)12(14)15/h1-3H,4-5,11H2. The molecule has 1 aromatic carbocycles. The number of carbonyl (C=O) groups excluding carboxylic acids is 1. The first kappa shape index (κ1) is 11.6. The second kappa shape index (κ2) is 4.88. The number of nitrogens with two attached hydrogens (primary N) is 1. The number of alkyl halides is 1. The molecule has 0 saturated carbocycles. The summed E-state index contributed by atoms with van der Waals surface area (Å²) >= 11 is 3.02. The molecular formula is C9H9BrN2O3. The highest BCUT2D eigenvalue weighted by Crippen LogP contribution is 2.25. The number of para-hydroxylation sites is 1. The van der Waals surface area contributed by atoms with Crippen LogP contribution in [-0.4, -0.2) is 16.0 Å². The fourth-order valence-electron chi connectivity index (χ4n) is 1.17. The van der Waals surface area contributed by atoms with Crippen LogP contribution in [0.5, 0.6) is 0 Å². The number of hydrogen-bond acceptors (Lipinski definition) is 4. The van der Waals surface area contributed by atoms with Gasteiger partial charge in [0.2, 0.25) is 0 Å². The molecule has 0 atom stereocenters. The van der Waals surface area contributed by atoms with Gasteiger partial charge in [0.1, 0.15) is 11.5 Å². The van der Waals surface area contributed by atoms with Gasteiger partial charge in [-0.25, -0.2) is 0 Å². The van der Waals surface area contributed by atoms with Crippen molar-refractivity contribution in [3.63, 3.8) is 0 Å². The number of halogens is 1. The maximum Gasteiger partial charge on any atom is 0.292 e. The smallest absolute Gasteiger partial charge is 0.292 e.